The normalized spacial score (nSPS) is 12.7. The van der Waals surface area contributed by atoms with Gasteiger partial charge in [-0.2, -0.15) is 0 Å². The largest absolute Gasteiger partial charge is 0.508 e. The molecule has 3 rings (SSSR count). The molecule has 0 fully saturated rings. The van der Waals surface area contributed by atoms with Crippen molar-refractivity contribution in [3.63, 3.8) is 0 Å². The molecule has 1 aliphatic rings. The zero-order valence-electron chi connectivity index (χ0n) is 11.1. The number of hydrogen-bond donors (Lipinski definition) is 1. The Hall–Kier alpha value is -1.61. The first kappa shape index (κ1) is 12.4. The zero-order chi connectivity index (χ0) is 13.4. The number of aromatic hydroxyl groups is 1. The molecule has 0 bridgehead atoms. The highest BCUT2D eigenvalue weighted by Crippen LogP contribution is 2.41. The van der Waals surface area contributed by atoms with Crippen LogP contribution >= 0.6 is 11.8 Å². The molecular weight excluding hydrogens is 256 g/mol. The fraction of sp³-hybridized carbons (Fsp3) is 0.250. The Balaban J connectivity index is 2.21. The van der Waals surface area contributed by atoms with E-state index in [0.29, 0.717) is 5.75 Å². The molecule has 0 atom stereocenters. The van der Waals surface area contributed by atoms with Crippen LogP contribution in [0.25, 0.3) is 11.1 Å². The van der Waals surface area contributed by atoms with Crippen molar-refractivity contribution < 1.29 is 9.84 Å². The number of ether oxygens (including phenoxy) is 1. The molecule has 0 radical (unpaired) electrons. The van der Waals surface area contributed by atoms with Gasteiger partial charge in [-0.1, -0.05) is 6.07 Å². The molecular formula is C16H16O2S. The third-order valence-corrected chi connectivity index (χ3v) is 4.46. The Bertz CT molecular complexity index is 635. The summed E-state index contributed by atoms with van der Waals surface area (Å²) in [6.07, 6.45) is 4.10. The summed E-state index contributed by atoms with van der Waals surface area (Å²) >= 11 is 1.70. The number of benzene rings is 2. The van der Waals surface area contributed by atoms with E-state index in [0.717, 1.165) is 24.2 Å². The summed E-state index contributed by atoms with van der Waals surface area (Å²) in [7, 11) is 1.69. The maximum atomic E-state index is 9.89. The summed E-state index contributed by atoms with van der Waals surface area (Å²) < 4.78 is 5.28. The monoisotopic (exact) mass is 272 g/mol. The van der Waals surface area contributed by atoms with Gasteiger partial charge in [0.25, 0.3) is 0 Å². The van der Waals surface area contributed by atoms with Gasteiger partial charge < -0.3 is 9.84 Å². The predicted octanol–water partition coefficient (Wildman–Crippen LogP) is 3.89. The molecule has 2 aromatic rings. The molecule has 0 aliphatic heterocycles. The van der Waals surface area contributed by atoms with Crippen LogP contribution in [0.2, 0.25) is 0 Å². The first-order valence-corrected chi connectivity index (χ1v) is 7.52. The molecule has 19 heavy (non-hydrogen) atoms. The Morgan fingerprint density at radius 1 is 1.11 bits per heavy atom. The lowest BCUT2D eigenvalue weighted by molar-refractivity contribution is 0.414. The molecule has 3 heteroatoms. The maximum Gasteiger partial charge on any atom is 0.119 e. The van der Waals surface area contributed by atoms with E-state index >= 15 is 0 Å². The summed E-state index contributed by atoms with van der Waals surface area (Å²) in [5.74, 6) is 1.24. The van der Waals surface area contributed by atoms with Gasteiger partial charge in [0.2, 0.25) is 0 Å². The summed E-state index contributed by atoms with van der Waals surface area (Å²) in [5, 5.41) is 9.89. The second-order valence-electron chi connectivity index (χ2n) is 4.70. The van der Waals surface area contributed by atoms with Gasteiger partial charge in [0.05, 0.1) is 7.11 Å². The molecule has 0 unspecified atom stereocenters. The standard InChI is InChI=1S/C16H16O2S/c1-18-12-4-6-13-10(7-12)3-5-14-15(13)8-11(17)9-16(14)19-2/h4,6-9,17H,3,5H2,1-2H3. The quantitative estimate of drug-likeness (QED) is 0.841. The fourth-order valence-electron chi connectivity index (χ4n) is 2.74. The third kappa shape index (κ3) is 2.08. The number of fused-ring (bicyclic) bond motifs is 3. The second-order valence-corrected chi connectivity index (χ2v) is 5.55. The summed E-state index contributed by atoms with van der Waals surface area (Å²) in [5.41, 5.74) is 5.02. The van der Waals surface area contributed by atoms with E-state index in [1.165, 1.54) is 21.6 Å². The lowest BCUT2D eigenvalue weighted by Gasteiger charge is -2.22. The highest BCUT2D eigenvalue weighted by Gasteiger charge is 2.20. The van der Waals surface area contributed by atoms with Crippen LogP contribution in [-0.4, -0.2) is 18.5 Å². The van der Waals surface area contributed by atoms with E-state index in [-0.39, 0.29) is 0 Å². The average Bonchev–Trinajstić information content (AvgIpc) is 2.45. The van der Waals surface area contributed by atoms with E-state index < -0.39 is 0 Å². The van der Waals surface area contributed by atoms with Crippen molar-refractivity contribution in [1.82, 2.24) is 0 Å². The van der Waals surface area contributed by atoms with Crippen molar-refractivity contribution in [2.75, 3.05) is 13.4 Å². The first-order valence-electron chi connectivity index (χ1n) is 6.30. The molecule has 98 valence electrons. The number of phenols is 1. The van der Waals surface area contributed by atoms with Crippen LogP contribution in [-0.2, 0) is 12.8 Å². The van der Waals surface area contributed by atoms with Crippen LogP contribution in [0.5, 0.6) is 11.5 Å². The molecule has 0 saturated carbocycles. The molecule has 0 spiro atoms. The third-order valence-electron chi connectivity index (χ3n) is 3.66. The van der Waals surface area contributed by atoms with Gasteiger partial charge in [-0.15, -0.1) is 11.8 Å². The van der Waals surface area contributed by atoms with Crippen molar-refractivity contribution in [3.8, 4) is 22.6 Å². The molecule has 0 aromatic heterocycles. The van der Waals surface area contributed by atoms with Gasteiger partial charge in [0.1, 0.15) is 11.5 Å². The fourth-order valence-corrected chi connectivity index (χ4v) is 3.43. The maximum absolute atomic E-state index is 9.89. The van der Waals surface area contributed by atoms with E-state index in [9.17, 15) is 5.11 Å². The first-order chi connectivity index (χ1) is 9.22. The summed E-state index contributed by atoms with van der Waals surface area (Å²) in [6.45, 7) is 0. The van der Waals surface area contributed by atoms with Crippen molar-refractivity contribution >= 4 is 11.8 Å². The molecule has 0 amide bonds. The highest BCUT2D eigenvalue weighted by molar-refractivity contribution is 7.98. The van der Waals surface area contributed by atoms with Crippen molar-refractivity contribution in [2.24, 2.45) is 0 Å². The van der Waals surface area contributed by atoms with Crippen LogP contribution in [0.3, 0.4) is 0 Å². The van der Waals surface area contributed by atoms with Crippen LogP contribution in [0, 0.1) is 0 Å². The Morgan fingerprint density at radius 2 is 1.95 bits per heavy atom. The van der Waals surface area contributed by atoms with Gasteiger partial charge >= 0.3 is 0 Å². The number of phenolic OH excluding ortho intramolecular Hbond substituents is 1. The number of hydrogen-bond acceptors (Lipinski definition) is 3. The summed E-state index contributed by atoms with van der Waals surface area (Å²) in [6, 6.07) is 9.91. The van der Waals surface area contributed by atoms with E-state index in [2.05, 4.69) is 18.4 Å². The van der Waals surface area contributed by atoms with Gasteiger partial charge in [-0.25, -0.2) is 0 Å². The van der Waals surface area contributed by atoms with Crippen LogP contribution in [0.4, 0.5) is 0 Å². The number of methoxy groups -OCH3 is 1. The van der Waals surface area contributed by atoms with Crippen LogP contribution in [0.1, 0.15) is 11.1 Å². The summed E-state index contributed by atoms with van der Waals surface area (Å²) in [4.78, 5) is 1.18. The predicted molar refractivity (Wildman–Crippen MR) is 79.3 cm³/mol. The minimum atomic E-state index is 0.340. The van der Waals surface area contributed by atoms with Gasteiger partial charge in [0, 0.05) is 4.90 Å². The minimum Gasteiger partial charge on any atom is -0.508 e. The minimum absolute atomic E-state index is 0.340. The number of thioether (sulfide) groups is 1. The van der Waals surface area contributed by atoms with Crippen LogP contribution < -0.4 is 4.74 Å². The second kappa shape index (κ2) is 4.82. The zero-order valence-corrected chi connectivity index (χ0v) is 11.9. The van der Waals surface area contributed by atoms with Gasteiger partial charge in [0.15, 0.2) is 0 Å². The number of aryl methyl sites for hydroxylation is 1. The molecule has 0 saturated heterocycles. The average molecular weight is 272 g/mol. The lowest BCUT2D eigenvalue weighted by atomic mass is 9.85. The van der Waals surface area contributed by atoms with Crippen LogP contribution in [0.15, 0.2) is 35.2 Å². The molecule has 2 nitrogen and oxygen atoms in total. The topological polar surface area (TPSA) is 29.5 Å². The van der Waals surface area contributed by atoms with Crippen molar-refractivity contribution in [1.29, 1.82) is 0 Å². The molecule has 1 N–H and O–H groups in total. The Morgan fingerprint density at radius 3 is 2.68 bits per heavy atom. The Labute approximate surface area is 117 Å². The van der Waals surface area contributed by atoms with Crippen molar-refractivity contribution in [2.45, 2.75) is 17.7 Å². The van der Waals surface area contributed by atoms with E-state index in [4.69, 9.17) is 4.74 Å². The SMILES string of the molecule is COc1ccc2c(c1)CCc1c(SC)cc(O)cc1-2. The molecule has 1 aliphatic carbocycles. The lowest BCUT2D eigenvalue weighted by Crippen LogP contribution is -2.05. The van der Waals surface area contributed by atoms with E-state index in [1.54, 1.807) is 18.9 Å². The molecule has 2 aromatic carbocycles. The van der Waals surface area contributed by atoms with E-state index in [1.807, 2.05) is 18.2 Å². The van der Waals surface area contributed by atoms with Crippen molar-refractivity contribution in [3.05, 3.63) is 41.5 Å². The highest BCUT2D eigenvalue weighted by atomic mass is 32.2. The molecule has 0 heterocycles. The van der Waals surface area contributed by atoms with Gasteiger partial charge in [-0.05, 0) is 65.6 Å². The Kier molecular flexibility index (Phi) is 3.15. The van der Waals surface area contributed by atoms with Gasteiger partial charge in [-0.3, -0.25) is 0 Å². The number of rotatable bonds is 2. The smallest absolute Gasteiger partial charge is 0.119 e.